The van der Waals surface area contributed by atoms with Gasteiger partial charge in [0, 0.05) is 0 Å². The summed E-state index contributed by atoms with van der Waals surface area (Å²) < 4.78 is 2.30. The van der Waals surface area contributed by atoms with Crippen LogP contribution in [0.5, 0.6) is 0 Å². The van der Waals surface area contributed by atoms with Gasteiger partial charge < -0.3 is 24.8 Å². The molecular weight excluding hydrogens is 390 g/mol. The van der Waals surface area contributed by atoms with E-state index >= 15 is 0 Å². The summed E-state index contributed by atoms with van der Waals surface area (Å²) in [7, 11) is 0. The summed E-state index contributed by atoms with van der Waals surface area (Å²) in [5.41, 5.74) is 1.70. The molecule has 0 heterocycles. The molecule has 0 spiro atoms. The molecule has 0 nitrogen and oxygen atoms in total. The van der Waals surface area contributed by atoms with Crippen LogP contribution in [0.2, 0.25) is 3.12 Å². The van der Waals surface area contributed by atoms with Gasteiger partial charge in [-0.25, -0.2) is 0 Å². The molecule has 0 bridgehead atoms. The summed E-state index contributed by atoms with van der Waals surface area (Å²) in [6.45, 7) is 2.33. The fourth-order valence-corrected chi connectivity index (χ4v) is 7.95. The summed E-state index contributed by atoms with van der Waals surface area (Å²) in [5, 5.41) is 0. The zero-order chi connectivity index (χ0) is 13.8. The van der Waals surface area contributed by atoms with E-state index < -0.39 is 23.2 Å². The second kappa shape index (κ2) is 9.65. The molecule has 0 amide bonds. The topological polar surface area (TPSA) is 0 Å². The van der Waals surface area contributed by atoms with E-state index in [9.17, 15) is 0 Å². The van der Waals surface area contributed by atoms with E-state index in [1.807, 2.05) is 0 Å². The van der Waals surface area contributed by atoms with Crippen molar-refractivity contribution in [3.63, 3.8) is 0 Å². The van der Waals surface area contributed by atoms with Crippen LogP contribution in [0.25, 0.3) is 0 Å². The minimum atomic E-state index is -0.506. The van der Waals surface area contributed by atoms with E-state index in [2.05, 4.69) is 43.4 Å². The molecule has 0 aromatic carbocycles. The maximum atomic E-state index is 2.73. The molecule has 22 heavy (non-hydrogen) atoms. The zero-order valence-corrected chi connectivity index (χ0v) is 17.4. The van der Waals surface area contributed by atoms with Crippen molar-refractivity contribution in [2.24, 2.45) is 5.92 Å². The van der Waals surface area contributed by atoms with Gasteiger partial charge >= 0.3 is 136 Å². The molecule has 120 valence electrons. The second-order valence-corrected chi connectivity index (χ2v) is 11.0. The molecule has 1 saturated carbocycles. The van der Waals surface area contributed by atoms with Gasteiger partial charge in [-0.15, -0.1) is 0 Å². The molecule has 0 aromatic heterocycles. The fraction of sp³-hybridized carbons (Fsp3) is 0.579. The standard InChI is InChI=1S/C14H21.C5H5.2ClH.Zr/c1-2-3-6-12-9-10-14(11-12)13-7-4-5-8-13;1-2-4-5-3-1;;;/h9-11,13H,2-8H2,1H3;1-3H,4H2;2*1H;/q;;;;+2/p-2. The first-order valence-electron chi connectivity index (χ1n) is 8.37. The fourth-order valence-electron chi connectivity index (χ4n) is 3.76. The van der Waals surface area contributed by atoms with Crippen molar-refractivity contribution in [3.8, 4) is 0 Å². The molecule has 0 radical (unpaired) electrons. The van der Waals surface area contributed by atoms with E-state index in [0.717, 1.165) is 5.92 Å². The van der Waals surface area contributed by atoms with Crippen molar-refractivity contribution < 1.29 is 48.0 Å². The molecular formula is C19H26Cl2Zr. The zero-order valence-electron chi connectivity index (χ0n) is 13.5. The first-order chi connectivity index (χ1) is 9.81. The molecule has 3 rings (SSSR count). The summed E-state index contributed by atoms with van der Waals surface area (Å²) in [4.78, 5) is 0. The van der Waals surface area contributed by atoms with Gasteiger partial charge in [0.1, 0.15) is 0 Å². The van der Waals surface area contributed by atoms with E-state index in [1.165, 1.54) is 51.4 Å². The van der Waals surface area contributed by atoms with E-state index in [1.54, 1.807) is 8.85 Å². The average Bonchev–Trinajstić information content (AvgIpc) is 3.18. The molecule has 3 aliphatic rings. The smallest absolute Gasteiger partial charge is 1.00 e. The largest absolute Gasteiger partial charge is 1.00 e. The molecule has 0 N–H and O–H groups in total. The molecule has 0 aromatic rings. The van der Waals surface area contributed by atoms with E-state index in [-0.39, 0.29) is 24.8 Å². The summed E-state index contributed by atoms with van der Waals surface area (Å²) >= 11 is -0.506. The van der Waals surface area contributed by atoms with Crippen LogP contribution in [0.4, 0.5) is 0 Å². The number of allylic oxidation sites excluding steroid dienone is 8. The normalized spacial score (nSPS) is 26.2. The Balaban J connectivity index is 0.00000121. The molecule has 0 saturated heterocycles. The van der Waals surface area contributed by atoms with Gasteiger partial charge in [-0.2, -0.15) is 0 Å². The summed E-state index contributed by atoms with van der Waals surface area (Å²) in [6.07, 6.45) is 26.0. The molecule has 3 heteroatoms. The molecule has 1 atom stereocenters. The first-order valence-corrected chi connectivity index (χ1v) is 10.8. The van der Waals surface area contributed by atoms with Crippen LogP contribution in [-0.2, 0) is 23.2 Å². The third kappa shape index (κ3) is 4.96. The maximum Gasteiger partial charge on any atom is -1.00 e. The quantitative estimate of drug-likeness (QED) is 0.570. The van der Waals surface area contributed by atoms with Crippen LogP contribution in [-0.4, -0.2) is 0 Å². The van der Waals surface area contributed by atoms with E-state index in [4.69, 9.17) is 0 Å². The van der Waals surface area contributed by atoms with Crippen molar-refractivity contribution in [2.75, 3.05) is 0 Å². The Kier molecular flexibility index (Phi) is 8.98. The Morgan fingerprint density at radius 1 is 1.23 bits per heavy atom. The summed E-state index contributed by atoms with van der Waals surface area (Å²) in [5.74, 6) is 0.893. The number of rotatable bonds is 6. The van der Waals surface area contributed by atoms with Crippen LogP contribution < -0.4 is 24.8 Å². The van der Waals surface area contributed by atoms with Crippen molar-refractivity contribution >= 4 is 0 Å². The Morgan fingerprint density at radius 3 is 2.64 bits per heavy atom. The Hall–Kier alpha value is 0.423. The number of unbranched alkanes of at least 4 members (excludes halogenated alkanes) is 1. The predicted molar refractivity (Wildman–Crippen MR) is 83.2 cm³/mol. The van der Waals surface area contributed by atoms with Gasteiger partial charge in [0.2, 0.25) is 0 Å². The molecule has 1 unspecified atom stereocenters. The Morgan fingerprint density at radius 2 is 2.00 bits per heavy atom. The molecule has 1 fully saturated rings. The van der Waals surface area contributed by atoms with Crippen molar-refractivity contribution in [3.05, 3.63) is 45.3 Å². The van der Waals surface area contributed by atoms with Gasteiger partial charge in [0.15, 0.2) is 0 Å². The van der Waals surface area contributed by atoms with Crippen LogP contribution in [0.3, 0.4) is 0 Å². The van der Waals surface area contributed by atoms with Gasteiger partial charge in [0.05, 0.1) is 0 Å². The SMILES string of the molecule is CCCC[C]1([Zr+2][C]2=CC=CC2)C=CC(C2CCCC2)=C1.[Cl-].[Cl-]. The Labute approximate surface area is 160 Å². The predicted octanol–water partition coefficient (Wildman–Crippen LogP) is -0.0440. The second-order valence-electron chi connectivity index (χ2n) is 6.55. The molecule has 0 aliphatic heterocycles. The number of hydrogen-bond donors (Lipinski definition) is 0. The number of hydrogen-bond acceptors (Lipinski definition) is 0. The minimum absolute atomic E-state index is 0. The van der Waals surface area contributed by atoms with Crippen LogP contribution >= 0.6 is 0 Å². The summed E-state index contributed by atoms with van der Waals surface area (Å²) in [6, 6.07) is 0. The number of halogens is 2. The van der Waals surface area contributed by atoms with Crippen molar-refractivity contribution in [2.45, 2.75) is 61.4 Å². The maximum absolute atomic E-state index is 2.73. The van der Waals surface area contributed by atoms with Crippen LogP contribution in [0.1, 0.15) is 58.3 Å². The van der Waals surface area contributed by atoms with Crippen molar-refractivity contribution in [1.82, 2.24) is 0 Å². The average molecular weight is 417 g/mol. The van der Waals surface area contributed by atoms with Gasteiger partial charge in [-0.3, -0.25) is 0 Å². The van der Waals surface area contributed by atoms with Crippen LogP contribution in [0, 0.1) is 5.92 Å². The monoisotopic (exact) mass is 414 g/mol. The minimum Gasteiger partial charge on any atom is -1.00 e. The van der Waals surface area contributed by atoms with Crippen molar-refractivity contribution in [1.29, 1.82) is 0 Å². The van der Waals surface area contributed by atoms with Gasteiger partial charge in [0.25, 0.3) is 0 Å². The first kappa shape index (κ1) is 20.5. The molecule has 3 aliphatic carbocycles. The third-order valence-electron chi connectivity index (χ3n) is 4.93. The Bertz CT molecular complexity index is 470. The third-order valence-corrected chi connectivity index (χ3v) is 9.16. The van der Waals surface area contributed by atoms with E-state index in [0.29, 0.717) is 3.12 Å². The van der Waals surface area contributed by atoms with Crippen LogP contribution in [0.15, 0.2) is 45.3 Å². The van der Waals surface area contributed by atoms with Gasteiger partial charge in [-0.05, 0) is 0 Å². The van der Waals surface area contributed by atoms with Gasteiger partial charge in [-0.1, -0.05) is 0 Å².